The number of carboxylic acids is 1. The van der Waals surface area contributed by atoms with Gasteiger partial charge in [0, 0.05) is 12.4 Å². The van der Waals surface area contributed by atoms with Crippen molar-refractivity contribution < 1.29 is 14.7 Å². The van der Waals surface area contributed by atoms with Crippen molar-refractivity contribution >= 4 is 17.6 Å². The lowest BCUT2D eigenvalue weighted by atomic mass is 10.0. The van der Waals surface area contributed by atoms with Crippen LogP contribution in [0.1, 0.15) is 48.3 Å². The highest BCUT2D eigenvalue weighted by molar-refractivity contribution is 6.02. The lowest BCUT2D eigenvalue weighted by Gasteiger charge is -2.31. The fraction of sp³-hybridized carbons (Fsp3) is 0.389. The van der Waals surface area contributed by atoms with Crippen molar-refractivity contribution in [1.82, 2.24) is 20.4 Å². The minimum Gasteiger partial charge on any atom is -0.478 e. The van der Waals surface area contributed by atoms with Gasteiger partial charge in [-0.15, -0.1) is 0 Å². The average Bonchev–Trinajstić information content (AvgIpc) is 3.18. The topological polar surface area (TPSA) is 108 Å². The number of aryl methyl sites for hydroxylation is 1. The molecular formula is C18H23N5O3. The van der Waals surface area contributed by atoms with Crippen LogP contribution < -0.4 is 16.2 Å². The molecule has 1 aromatic carbocycles. The first-order valence-electron chi connectivity index (χ1n) is 8.74. The number of amides is 1. The number of carboxylic acid groups (broad SMARTS) is 1. The largest absolute Gasteiger partial charge is 0.478 e. The van der Waals surface area contributed by atoms with Crippen LogP contribution in [0.4, 0.5) is 5.69 Å². The van der Waals surface area contributed by atoms with Crippen molar-refractivity contribution in [2.45, 2.75) is 44.8 Å². The van der Waals surface area contributed by atoms with Crippen molar-refractivity contribution in [2.75, 3.05) is 5.32 Å². The fourth-order valence-electron chi connectivity index (χ4n) is 3.08. The minimum absolute atomic E-state index is 0.0319. The highest BCUT2D eigenvalue weighted by Crippen LogP contribution is 2.21. The Bertz CT molecular complexity index is 767. The van der Waals surface area contributed by atoms with Crippen molar-refractivity contribution in [3.63, 3.8) is 0 Å². The number of rotatable bonds is 6. The van der Waals surface area contributed by atoms with Gasteiger partial charge in [-0.05, 0) is 37.0 Å². The molecule has 0 bridgehead atoms. The number of aromatic nitrogens is 2. The summed E-state index contributed by atoms with van der Waals surface area (Å²) in [4.78, 5) is 28.1. The van der Waals surface area contributed by atoms with Crippen molar-refractivity contribution in [3.05, 3.63) is 48.0 Å². The highest BCUT2D eigenvalue weighted by Gasteiger charge is 2.27. The molecule has 138 valence electrons. The maximum Gasteiger partial charge on any atom is 0.337 e. The molecule has 1 saturated heterocycles. The maximum absolute atomic E-state index is 12.5. The Balaban J connectivity index is 1.64. The molecule has 3 rings (SSSR count). The number of anilines is 1. The van der Waals surface area contributed by atoms with E-state index in [1.165, 1.54) is 0 Å². The number of carbonyl (C=O) groups excluding carboxylic acids is 1. The summed E-state index contributed by atoms with van der Waals surface area (Å²) in [6.07, 6.45) is 8.42. The summed E-state index contributed by atoms with van der Waals surface area (Å²) in [5, 5.41) is 12.2. The first-order chi connectivity index (χ1) is 12.6. The number of imidazole rings is 1. The zero-order valence-corrected chi connectivity index (χ0v) is 14.6. The van der Waals surface area contributed by atoms with Crippen LogP contribution in [0, 0.1) is 0 Å². The zero-order valence-electron chi connectivity index (χ0n) is 14.6. The molecule has 2 aromatic rings. The molecule has 8 nitrogen and oxygen atoms in total. The number of nitrogens with one attached hydrogen (secondary N) is 3. The van der Waals surface area contributed by atoms with Crippen LogP contribution in [-0.2, 0) is 11.2 Å². The lowest BCUT2D eigenvalue weighted by molar-refractivity contribution is -0.119. The number of hydrogen-bond donors (Lipinski definition) is 4. The molecule has 1 amide bonds. The molecule has 8 heteroatoms. The van der Waals surface area contributed by atoms with E-state index < -0.39 is 12.0 Å². The molecule has 0 radical (unpaired) electrons. The minimum atomic E-state index is -1.05. The van der Waals surface area contributed by atoms with Crippen LogP contribution in [0.2, 0.25) is 0 Å². The van der Waals surface area contributed by atoms with Crippen LogP contribution in [0.15, 0.2) is 36.9 Å². The van der Waals surface area contributed by atoms with Gasteiger partial charge < -0.3 is 15.0 Å². The third kappa shape index (κ3) is 4.09. The summed E-state index contributed by atoms with van der Waals surface area (Å²) in [5.74, 6) is -1.31. The van der Waals surface area contributed by atoms with Gasteiger partial charge >= 0.3 is 5.97 Å². The molecule has 2 unspecified atom stereocenters. The molecule has 0 saturated carbocycles. The van der Waals surface area contributed by atoms with Crippen LogP contribution in [0.3, 0.4) is 0 Å². The molecule has 1 aliphatic rings. The van der Waals surface area contributed by atoms with Crippen LogP contribution in [0.25, 0.3) is 0 Å². The van der Waals surface area contributed by atoms with Gasteiger partial charge in [0.15, 0.2) is 0 Å². The van der Waals surface area contributed by atoms with Gasteiger partial charge in [-0.3, -0.25) is 4.79 Å². The molecule has 26 heavy (non-hydrogen) atoms. The summed E-state index contributed by atoms with van der Waals surface area (Å²) in [6, 6.07) is 4.71. The summed E-state index contributed by atoms with van der Waals surface area (Å²) in [6.45, 7) is 2.04. The van der Waals surface area contributed by atoms with E-state index in [1.54, 1.807) is 24.7 Å². The van der Waals surface area contributed by atoms with E-state index in [9.17, 15) is 14.7 Å². The van der Waals surface area contributed by atoms with E-state index in [0.29, 0.717) is 12.1 Å². The zero-order chi connectivity index (χ0) is 18.5. The van der Waals surface area contributed by atoms with E-state index in [-0.39, 0.29) is 17.6 Å². The second-order valence-electron chi connectivity index (χ2n) is 6.37. The monoisotopic (exact) mass is 357 g/mol. The lowest BCUT2D eigenvalue weighted by Crippen LogP contribution is -2.54. The van der Waals surface area contributed by atoms with E-state index in [4.69, 9.17) is 0 Å². The van der Waals surface area contributed by atoms with Crippen LogP contribution in [0.5, 0.6) is 0 Å². The predicted molar refractivity (Wildman–Crippen MR) is 96.6 cm³/mol. The Kier molecular flexibility index (Phi) is 5.65. The van der Waals surface area contributed by atoms with Crippen LogP contribution >= 0.6 is 0 Å². The third-order valence-corrected chi connectivity index (χ3v) is 4.47. The first kappa shape index (κ1) is 18.1. The fourth-order valence-corrected chi connectivity index (χ4v) is 3.08. The second kappa shape index (κ2) is 8.11. The molecule has 1 fully saturated rings. The van der Waals surface area contributed by atoms with Gasteiger partial charge in [-0.25, -0.2) is 20.6 Å². The Morgan fingerprint density at radius 1 is 1.35 bits per heavy atom. The third-order valence-electron chi connectivity index (χ3n) is 4.47. The summed E-state index contributed by atoms with van der Waals surface area (Å²) in [7, 11) is 0. The number of carbonyl (C=O) groups is 2. The summed E-state index contributed by atoms with van der Waals surface area (Å²) < 4.78 is 1.93. The van der Waals surface area contributed by atoms with Gasteiger partial charge in [0.2, 0.25) is 5.91 Å². The molecule has 4 N–H and O–H groups in total. The molecular weight excluding hydrogens is 334 g/mol. The number of nitrogens with zero attached hydrogens (tertiary/aromatic N) is 2. The number of benzene rings is 1. The molecule has 2 heterocycles. The Labute approximate surface area is 151 Å². The van der Waals surface area contributed by atoms with E-state index in [0.717, 1.165) is 24.8 Å². The molecule has 1 aromatic heterocycles. The molecule has 0 spiro atoms. The number of aromatic carboxylic acids is 1. The summed E-state index contributed by atoms with van der Waals surface area (Å²) >= 11 is 0. The van der Waals surface area contributed by atoms with Crippen molar-refractivity contribution in [3.8, 4) is 0 Å². The quantitative estimate of drug-likeness (QED) is 0.629. The van der Waals surface area contributed by atoms with E-state index in [1.807, 2.05) is 23.8 Å². The average molecular weight is 357 g/mol. The van der Waals surface area contributed by atoms with E-state index >= 15 is 0 Å². The Morgan fingerprint density at radius 2 is 2.19 bits per heavy atom. The van der Waals surface area contributed by atoms with Crippen LogP contribution in [-0.4, -0.2) is 32.6 Å². The maximum atomic E-state index is 12.5. The Hall–Kier alpha value is -2.71. The highest BCUT2D eigenvalue weighted by atomic mass is 16.4. The second-order valence-corrected chi connectivity index (χ2v) is 6.37. The van der Waals surface area contributed by atoms with E-state index in [2.05, 4.69) is 21.2 Å². The van der Waals surface area contributed by atoms with Gasteiger partial charge in [-0.2, -0.15) is 0 Å². The SMILES string of the molecule is CCCc1ccc(NC(=O)C2CCC(n3ccnc3)NN2)c(C(=O)O)c1. The van der Waals surface area contributed by atoms with Gasteiger partial charge in [0.25, 0.3) is 0 Å². The first-order valence-corrected chi connectivity index (χ1v) is 8.74. The smallest absolute Gasteiger partial charge is 0.337 e. The van der Waals surface area contributed by atoms with Gasteiger partial charge in [0.05, 0.1) is 23.7 Å². The standard InChI is InChI=1S/C18H23N5O3/c1-2-3-12-4-5-14(13(10-12)18(25)26)20-17(24)15-6-7-16(22-21-15)23-9-8-19-11-23/h4-5,8-11,15-16,21-22H,2-3,6-7H2,1H3,(H,20,24)(H,25,26). The molecule has 1 aliphatic heterocycles. The Morgan fingerprint density at radius 3 is 2.81 bits per heavy atom. The van der Waals surface area contributed by atoms with Gasteiger partial charge in [-0.1, -0.05) is 19.4 Å². The van der Waals surface area contributed by atoms with Crippen molar-refractivity contribution in [2.24, 2.45) is 0 Å². The number of hydrazine groups is 1. The van der Waals surface area contributed by atoms with Crippen molar-refractivity contribution in [1.29, 1.82) is 0 Å². The molecule has 2 atom stereocenters. The molecule has 0 aliphatic carbocycles. The van der Waals surface area contributed by atoms with Gasteiger partial charge in [0.1, 0.15) is 6.04 Å². The summed E-state index contributed by atoms with van der Waals surface area (Å²) in [5.41, 5.74) is 7.48. The number of hydrogen-bond acceptors (Lipinski definition) is 5. The normalized spacial score (nSPS) is 19.9. The predicted octanol–water partition coefficient (Wildman–Crippen LogP) is 1.93.